The van der Waals surface area contributed by atoms with Crippen molar-refractivity contribution < 1.29 is 24.5 Å². The van der Waals surface area contributed by atoms with Gasteiger partial charge in [-0.25, -0.2) is 4.98 Å². The molecular weight excluding hydrogens is 831 g/mol. The molecule has 2 aromatic carbocycles. The Balaban J connectivity index is 0.000000160. The molecule has 0 amide bonds. The molecule has 0 aliphatic heterocycles. The summed E-state index contributed by atoms with van der Waals surface area (Å²) in [5.41, 5.74) is 9.35. The molecule has 4 nitrogen and oxygen atoms in total. The maximum absolute atomic E-state index is 6.06. The molecular formula is C46H51IrN3OSi-2. The van der Waals surface area contributed by atoms with Gasteiger partial charge in [-0.15, -0.1) is 54.1 Å². The van der Waals surface area contributed by atoms with Gasteiger partial charge in [0, 0.05) is 43.6 Å². The van der Waals surface area contributed by atoms with E-state index in [0.29, 0.717) is 11.6 Å². The third-order valence-corrected chi connectivity index (χ3v) is 13.9. The molecule has 271 valence electrons. The molecule has 52 heavy (non-hydrogen) atoms. The van der Waals surface area contributed by atoms with Crippen LogP contribution in [-0.2, 0) is 32.9 Å². The molecule has 0 N–H and O–H groups in total. The molecule has 0 atom stereocenters. The van der Waals surface area contributed by atoms with E-state index < -0.39 is 8.07 Å². The van der Waals surface area contributed by atoms with Gasteiger partial charge in [0.05, 0.1) is 13.7 Å². The van der Waals surface area contributed by atoms with Crippen LogP contribution < -0.4 is 5.19 Å². The minimum absolute atomic E-state index is 0. The van der Waals surface area contributed by atoms with Crippen LogP contribution in [0.5, 0.6) is 0 Å². The van der Waals surface area contributed by atoms with E-state index in [1.165, 1.54) is 37.7 Å². The molecule has 6 heteroatoms. The second kappa shape index (κ2) is 15.1. The van der Waals surface area contributed by atoms with Gasteiger partial charge < -0.3 is 14.4 Å². The van der Waals surface area contributed by atoms with E-state index in [2.05, 4.69) is 98.2 Å². The largest absolute Gasteiger partial charge is 0.486 e. The standard InChI is InChI=1S/C25H32NSi.C21H19N2O.Ir/c1-27(2,3)25-16-26-24(19-7-5-4-6-8-19)15-22(25)14-23-20-10-17-9-18(12-20)13-21(23)11-17;1-13(2)11-15-9-10-22-19(12-15)18-6-4-5-16-17-8-7-14(3)23-21(17)24-20(16)18;/h4-7,15-18,20-21,23H,9-14H2,1-3H3;4-5,7-10,12-13H,11H2,1-3H3;/q2*-1;. The predicted molar refractivity (Wildman–Crippen MR) is 213 cm³/mol. The zero-order chi connectivity index (χ0) is 35.3. The van der Waals surface area contributed by atoms with Crippen LogP contribution in [0.15, 0.2) is 83.5 Å². The number of rotatable bonds is 7. The molecule has 4 aromatic heterocycles. The molecule has 6 aromatic rings. The average molecular weight is 882 g/mol. The van der Waals surface area contributed by atoms with Crippen molar-refractivity contribution in [3.63, 3.8) is 0 Å². The molecule has 4 heterocycles. The third kappa shape index (κ3) is 7.63. The monoisotopic (exact) mass is 882 g/mol. The number of nitrogens with zero attached hydrogens (tertiary/aromatic N) is 3. The first-order valence-electron chi connectivity index (χ1n) is 19.2. The average Bonchev–Trinajstić information content (AvgIpc) is 3.47. The summed E-state index contributed by atoms with van der Waals surface area (Å²) >= 11 is 0. The maximum Gasteiger partial charge on any atom is 0.216 e. The van der Waals surface area contributed by atoms with Crippen LogP contribution in [0.4, 0.5) is 0 Å². The Morgan fingerprint density at radius 1 is 0.827 bits per heavy atom. The summed E-state index contributed by atoms with van der Waals surface area (Å²) in [6.07, 6.45) is 14.0. The van der Waals surface area contributed by atoms with E-state index in [-0.39, 0.29) is 20.1 Å². The smallest absolute Gasteiger partial charge is 0.216 e. The van der Waals surface area contributed by atoms with Gasteiger partial charge >= 0.3 is 0 Å². The van der Waals surface area contributed by atoms with Crippen molar-refractivity contribution in [1.29, 1.82) is 0 Å². The van der Waals surface area contributed by atoms with E-state index >= 15 is 0 Å². The number of pyridine rings is 3. The molecule has 10 rings (SSSR count). The first-order chi connectivity index (χ1) is 24.6. The number of hydrogen-bond acceptors (Lipinski definition) is 4. The molecule has 0 saturated heterocycles. The molecule has 0 unspecified atom stereocenters. The zero-order valence-corrected chi connectivity index (χ0v) is 34.9. The van der Waals surface area contributed by atoms with E-state index in [1.54, 1.807) is 17.2 Å². The fourth-order valence-corrected chi connectivity index (χ4v) is 11.4. The number of benzene rings is 2. The van der Waals surface area contributed by atoms with Crippen LogP contribution >= 0.6 is 0 Å². The summed E-state index contributed by atoms with van der Waals surface area (Å²) in [4.78, 5) is 13.9. The summed E-state index contributed by atoms with van der Waals surface area (Å²) in [5.74, 6) is 5.65. The molecule has 4 aliphatic carbocycles. The number of aromatic nitrogens is 3. The van der Waals surface area contributed by atoms with Crippen LogP contribution in [0.2, 0.25) is 19.6 Å². The minimum Gasteiger partial charge on any atom is -0.486 e. The fraction of sp³-hybridized carbons (Fsp3) is 0.413. The molecule has 1 radical (unpaired) electrons. The number of hydrogen-bond donors (Lipinski definition) is 0. The second-order valence-corrected chi connectivity index (χ2v) is 22.2. The molecule has 4 bridgehead atoms. The summed E-state index contributed by atoms with van der Waals surface area (Å²) in [5, 5.41) is 3.67. The van der Waals surface area contributed by atoms with Gasteiger partial charge in [-0.2, -0.15) is 0 Å². The zero-order valence-electron chi connectivity index (χ0n) is 31.5. The SMILES string of the molecule is C[Si](C)(C)c1cnc(-c2[c-]cccc2)cc1CC1C2CC3CC(C2)CC1C3.Cc1ccc2c(n1)oc1c(-c3cc(CC(C)C)ccn3)[c-]ccc12.[Ir]. The van der Waals surface area contributed by atoms with Crippen LogP contribution in [-0.4, -0.2) is 23.0 Å². The van der Waals surface area contributed by atoms with Crippen molar-refractivity contribution in [2.24, 2.45) is 35.5 Å². The van der Waals surface area contributed by atoms with Crippen LogP contribution in [0.1, 0.15) is 62.8 Å². The molecule has 0 spiro atoms. The van der Waals surface area contributed by atoms with Crippen molar-refractivity contribution in [2.75, 3.05) is 0 Å². The van der Waals surface area contributed by atoms with E-state index in [9.17, 15) is 0 Å². The molecule has 4 saturated carbocycles. The van der Waals surface area contributed by atoms with Gasteiger partial charge in [0.15, 0.2) is 0 Å². The topological polar surface area (TPSA) is 51.8 Å². The summed E-state index contributed by atoms with van der Waals surface area (Å²) in [6, 6.07) is 29.6. The fourth-order valence-electron chi connectivity index (χ4n) is 9.78. The summed E-state index contributed by atoms with van der Waals surface area (Å²) in [6.45, 7) is 13.8. The predicted octanol–water partition coefficient (Wildman–Crippen LogP) is 11.1. The van der Waals surface area contributed by atoms with Gasteiger partial charge in [0.25, 0.3) is 0 Å². The second-order valence-electron chi connectivity index (χ2n) is 17.2. The van der Waals surface area contributed by atoms with E-state index in [0.717, 1.165) is 80.6 Å². The normalized spacial score (nSPS) is 22.0. The van der Waals surface area contributed by atoms with Crippen LogP contribution in [0, 0.1) is 54.6 Å². The van der Waals surface area contributed by atoms with E-state index in [4.69, 9.17) is 9.40 Å². The summed E-state index contributed by atoms with van der Waals surface area (Å²) in [7, 11) is -1.40. The van der Waals surface area contributed by atoms with Gasteiger partial charge in [-0.1, -0.05) is 67.7 Å². The van der Waals surface area contributed by atoms with Crippen molar-refractivity contribution in [2.45, 2.75) is 85.4 Å². The van der Waals surface area contributed by atoms with Crippen molar-refractivity contribution in [3.8, 4) is 22.5 Å². The Labute approximate surface area is 324 Å². The third-order valence-electron chi connectivity index (χ3n) is 11.8. The number of aryl methyl sites for hydroxylation is 1. The van der Waals surface area contributed by atoms with Crippen molar-refractivity contribution in [1.82, 2.24) is 15.0 Å². The number of fused-ring (bicyclic) bond motifs is 3. The van der Waals surface area contributed by atoms with Gasteiger partial charge in [0.2, 0.25) is 5.71 Å². The Bertz CT molecular complexity index is 2140. The van der Waals surface area contributed by atoms with E-state index in [1.807, 2.05) is 43.5 Å². The summed E-state index contributed by atoms with van der Waals surface area (Å²) < 4.78 is 6.06. The Morgan fingerprint density at radius 3 is 2.29 bits per heavy atom. The quantitative estimate of drug-likeness (QED) is 0.118. The Hall–Kier alpha value is -3.44. The van der Waals surface area contributed by atoms with Crippen molar-refractivity contribution >= 4 is 35.3 Å². The maximum atomic E-state index is 6.06. The van der Waals surface area contributed by atoms with Crippen molar-refractivity contribution in [3.05, 3.63) is 108 Å². The van der Waals surface area contributed by atoms with Crippen LogP contribution in [0.3, 0.4) is 0 Å². The molecule has 4 fully saturated rings. The molecule has 4 aliphatic rings. The minimum atomic E-state index is -1.40. The van der Waals surface area contributed by atoms with Gasteiger partial charge in [-0.05, 0) is 122 Å². The Kier molecular flexibility index (Phi) is 10.7. The van der Waals surface area contributed by atoms with Gasteiger partial charge in [-0.3, -0.25) is 0 Å². The number of furan rings is 1. The van der Waals surface area contributed by atoms with Crippen LogP contribution in [0.25, 0.3) is 44.6 Å². The van der Waals surface area contributed by atoms with Gasteiger partial charge in [0.1, 0.15) is 0 Å². The first kappa shape index (κ1) is 36.9. The first-order valence-corrected chi connectivity index (χ1v) is 22.7. The Morgan fingerprint density at radius 2 is 1.60 bits per heavy atom.